The molecule has 1 saturated heterocycles. The molecule has 12 rings (SSSR count). The third-order valence-corrected chi connectivity index (χ3v) is 26.9. The number of aliphatic hydroxyl groups excluding tert-OH is 6. The molecule has 22 atom stereocenters. The van der Waals surface area contributed by atoms with E-state index in [1.165, 1.54) is 44.1 Å². The van der Waals surface area contributed by atoms with E-state index < -0.39 is 70.6 Å². The maximum atomic E-state index is 15.5. The van der Waals surface area contributed by atoms with Crippen LogP contribution in [0.4, 0.5) is 0 Å². The Morgan fingerprint density at radius 3 is 2.56 bits per heavy atom. The number of carbonyl (C=O) groups is 1. The molecule has 0 aromatic carbocycles. The number of imidazole rings is 1. The van der Waals surface area contributed by atoms with Crippen LogP contribution < -0.4 is 16.4 Å². The SMILES string of the molecule is CNC[C@H]1[C@@H](O)[C@@H](O)C[C@]2(C)[C@@H]3C(=CC(=O)[C@H]12)[C@]1(O)[C@@H]2C[C@H]([C@@H]4C[C@@H]5CCCC6=C5[C@H](C(=C5C[C@H]7CC[C@H]8CCC[C@@]8(C7)[C@H]65)C(C)(C)C[C@H](n5ccnc5)CSS[C@@H]2CCCO)[C@H]4O)[C@@]1(CO)C[C@H]3CN=C(N)N[C@@H](C)O. The van der Waals surface area contributed by atoms with Gasteiger partial charge in [-0.1, -0.05) is 71.1 Å². The molecule has 14 nitrogen and oxygen atoms in total. The number of aliphatic imine (C=N–C) groups is 1. The Bertz CT molecular complexity index is 2540. The minimum absolute atomic E-state index is 0.0185. The molecule has 0 radical (unpaired) electrons. The van der Waals surface area contributed by atoms with Crippen molar-refractivity contribution in [3.05, 3.63) is 52.7 Å². The minimum atomic E-state index is -1.75. The molecule has 1 spiro atoms. The van der Waals surface area contributed by atoms with Crippen LogP contribution in [0, 0.1) is 92.7 Å². The molecule has 77 heavy (non-hydrogen) atoms. The van der Waals surface area contributed by atoms with E-state index in [4.69, 9.17) is 10.7 Å². The number of nitrogens with two attached hydrogens (primary N) is 1. The van der Waals surface area contributed by atoms with Crippen LogP contribution >= 0.6 is 21.6 Å². The molecular weight excluding hydrogens is 1010 g/mol. The van der Waals surface area contributed by atoms with E-state index >= 15 is 9.90 Å². The number of carbonyl (C=O) groups excluding carboxylic acids is 1. The second kappa shape index (κ2) is 20.6. The highest BCUT2D eigenvalue weighted by molar-refractivity contribution is 8.76. The van der Waals surface area contributed by atoms with Gasteiger partial charge in [0.1, 0.15) is 6.23 Å². The van der Waals surface area contributed by atoms with Gasteiger partial charge in [0.05, 0.1) is 36.8 Å². The Labute approximate surface area is 465 Å². The number of hydrogen-bond donors (Lipinski definition) is 10. The van der Waals surface area contributed by atoms with Gasteiger partial charge in [0, 0.05) is 84.1 Å². The molecule has 7 saturated carbocycles. The molecule has 0 unspecified atom stereocenters. The Balaban J connectivity index is 1.08. The lowest BCUT2D eigenvalue weighted by Gasteiger charge is -2.65. The number of nitrogens with one attached hydrogen (secondary N) is 2. The van der Waals surface area contributed by atoms with E-state index in [1.807, 2.05) is 23.3 Å². The van der Waals surface area contributed by atoms with Gasteiger partial charge in [-0.05, 0) is 186 Å². The van der Waals surface area contributed by atoms with Crippen molar-refractivity contribution in [3.63, 3.8) is 0 Å². The van der Waals surface area contributed by atoms with Gasteiger partial charge >= 0.3 is 0 Å². The van der Waals surface area contributed by atoms with Crippen molar-refractivity contribution >= 4 is 33.3 Å². The van der Waals surface area contributed by atoms with Crippen LogP contribution in [0.15, 0.2) is 57.7 Å². The van der Waals surface area contributed by atoms with Crippen molar-refractivity contribution in [1.29, 1.82) is 0 Å². The normalized spacial score (nSPS) is 47.4. The molecule has 11 aliphatic rings. The average molecular weight is 1100 g/mol. The summed E-state index contributed by atoms with van der Waals surface area (Å²) in [5.74, 6) is -0.785. The third kappa shape index (κ3) is 8.39. The van der Waals surface area contributed by atoms with Crippen molar-refractivity contribution in [1.82, 2.24) is 20.2 Å². The molecular formula is C61H92N6O8S2. The maximum Gasteiger partial charge on any atom is 0.190 e. The van der Waals surface area contributed by atoms with Gasteiger partial charge in [-0.15, -0.1) is 0 Å². The smallest absolute Gasteiger partial charge is 0.190 e. The zero-order valence-electron chi connectivity index (χ0n) is 46.5. The summed E-state index contributed by atoms with van der Waals surface area (Å²) >= 11 is 0. The van der Waals surface area contributed by atoms with E-state index in [1.54, 1.807) is 47.6 Å². The summed E-state index contributed by atoms with van der Waals surface area (Å²) in [5, 5.41) is 92.7. The molecule has 8 fully saturated rings. The first-order valence-electron chi connectivity index (χ1n) is 30.2. The maximum absolute atomic E-state index is 15.5. The lowest BCUT2D eigenvalue weighted by Crippen LogP contribution is -2.69. The zero-order valence-corrected chi connectivity index (χ0v) is 48.2. The summed E-state index contributed by atoms with van der Waals surface area (Å²) in [7, 11) is 5.40. The van der Waals surface area contributed by atoms with E-state index in [9.17, 15) is 30.6 Å². The molecule has 1 aromatic rings. The average Bonchev–Trinajstić information content (AvgIpc) is 4.18. The third-order valence-electron chi connectivity index (χ3n) is 23.9. The highest BCUT2D eigenvalue weighted by Crippen LogP contribution is 2.76. The van der Waals surface area contributed by atoms with Crippen molar-refractivity contribution in [2.75, 3.05) is 39.1 Å². The number of guanidine groups is 1. The number of ketones is 1. The first-order valence-corrected chi connectivity index (χ1v) is 32.6. The lowest BCUT2D eigenvalue weighted by atomic mass is 9.40. The number of rotatable bonds is 10. The van der Waals surface area contributed by atoms with E-state index in [2.05, 4.69) is 47.2 Å². The summed E-state index contributed by atoms with van der Waals surface area (Å²) < 4.78 is 2.30. The second-order valence-corrected chi connectivity index (χ2v) is 30.7. The highest BCUT2D eigenvalue weighted by atomic mass is 33.1. The monoisotopic (exact) mass is 1100 g/mol. The number of nitrogens with zero attached hydrogens (tertiary/aromatic N) is 3. The van der Waals surface area contributed by atoms with Crippen molar-refractivity contribution in [2.24, 2.45) is 103 Å². The van der Waals surface area contributed by atoms with Gasteiger partial charge < -0.3 is 56.7 Å². The van der Waals surface area contributed by atoms with Crippen LogP contribution in [0.5, 0.6) is 0 Å². The highest BCUT2D eigenvalue weighted by Gasteiger charge is 2.76. The summed E-state index contributed by atoms with van der Waals surface area (Å²) in [6, 6.07) is 0.0776. The van der Waals surface area contributed by atoms with Gasteiger partial charge in [-0.25, -0.2) is 4.98 Å². The molecule has 1 aliphatic heterocycles. The van der Waals surface area contributed by atoms with Crippen LogP contribution in [-0.4, -0.2) is 132 Å². The van der Waals surface area contributed by atoms with Crippen molar-refractivity contribution in [2.45, 2.75) is 178 Å². The molecule has 0 amide bonds. The molecule has 16 heteroatoms. The van der Waals surface area contributed by atoms with E-state index in [0.29, 0.717) is 49.6 Å². The fraction of sp³-hybridized carbons (Fsp3) is 0.820. The summed E-state index contributed by atoms with van der Waals surface area (Å²) in [6.07, 6.45) is 19.7. The zero-order chi connectivity index (χ0) is 54.1. The fourth-order valence-electron chi connectivity index (χ4n) is 21.8. The van der Waals surface area contributed by atoms with Crippen molar-refractivity contribution in [3.8, 4) is 0 Å². The second-order valence-electron chi connectivity index (χ2n) is 28.0. The standard InChI is InChI=1S/C61H92N6O8S2/c1-32(70)66-56(62)65-27-35-24-60(30-69)42-21-43(61(60,75)44-22-45(71)52-41(28-63-5)54(73)46(72)26-58(52,4)50(35)44)47(12-8-18-68)77-76-29-37(67-17-16-64-31-67)25-57(2,3)53-40-19-33-13-14-36-10-7-15-59(36,23-33)51(40)38-11-6-9-34-20-39(42)55(74)49(53)48(34)38/h16-17,22,31-37,39,41-43,46-47,49-52,54-55,63,68-70,72-75H,6-15,18-21,23-30H2,1-5H3,(H3,62,65,66)/t32-,33-,34+,35+,36-,37+,39+,41-,42-,43-,46+,47-,49-,50+,51-,52+,54-,55+,58-,59+,60+,61-/m1/s1. The molecule has 11 N–H and O–H groups in total. The van der Waals surface area contributed by atoms with Gasteiger partial charge in [0.15, 0.2) is 11.7 Å². The van der Waals surface area contributed by atoms with Gasteiger partial charge in [0.25, 0.3) is 0 Å². The fourth-order valence-corrected chi connectivity index (χ4v) is 25.1. The van der Waals surface area contributed by atoms with Crippen LogP contribution in [-0.2, 0) is 4.79 Å². The number of fused-ring (bicyclic) bond motifs is 14. The van der Waals surface area contributed by atoms with Crippen molar-refractivity contribution < 1.29 is 40.5 Å². The molecule has 6 bridgehead atoms. The largest absolute Gasteiger partial charge is 0.396 e. The summed E-state index contributed by atoms with van der Waals surface area (Å²) in [4.78, 5) is 25.0. The van der Waals surface area contributed by atoms with E-state index in [0.717, 1.165) is 50.2 Å². The summed E-state index contributed by atoms with van der Waals surface area (Å²) in [5.41, 5.74) is 9.56. The van der Waals surface area contributed by atoms with Crippen LogP contribution in [0.2, 0.25) is 0 Å². The Morgan fingerprint density at radius 2 is 1.82 bits per heavy atom. The summed E-state index contributed by atoms with van der Waals surface area (Å²) in [6.45, 7) is 8.70. The predicted octanol–water partition coefficient (Wildman–Crippen LogP) is 6.70. The Kier molecular flexibility index (Phi) is 14.8. The number of allylic oxidation sites excluding steroid dienone is 3. The molecule has 1 aromatic heterocycles. The van der Waals surface area contributed by atoms with E-state index in [-0.39, 0.29) is 83.7 Å². The predicted molar refractivity (Wildman–Crippen MR) is 302 cm³/mol. The van der Waals surface area contributed by atoms with Gasteiger partial charge in [-0.3, -0.25) is 9.79 Å². The minimum Gasteiger partial charge on any atom is -0.396 e. The van der Waals surface area contributed by atoms with Crippen LogP contribution in [0.25, 0.3) is 0 Å². The van der Waals surface area contributed by atoms with Crippen LogP contribution in [0.1, 0.15) is 143 Å². The number of aliphatic hydroxyl groups is 7. The number of hydrogen-bond acceptors (Lipinski definition) is 13. The van der Waals surface area contributed by atoms with Gasteiger partial charge in [-0.2, -0.15) is 0 Å². The molecule has 10 aliphatic carbocycles. The van der Waals surface area contributed by atoms with Crippen LogP contribution in [0.3, 0.4) is 0 Å². The number of aromatic nitrogens is 2. The molecule has 2 heterocycles. The topological polar surface area (TPSA) is 239 Å². The first kappa shape index (κ1) is 55.3. The first-order chi connectivity index (χ1) is 36.9. The lowest BCUT2D eigenvalue weighted by molar-refractivity contribution is -0.195. The van der Waals surface area contributed by atoms with Gasteiger partial charge in [0.2, 0.25) is 0 Å². The molecule has 426 valence electrons. The quantitative estimate of drug-likeness (QED) is 0.0386. The Hall–Kier alpha value is -2.25. The Morgan fingerprint density at radius 1 is 1.00 bits per heavy atom.